The van der Waals surface area contributed by atoms with Crippen molar-refractivity contribution >= 4 is 34.7 Å². The Labute approximate surface area is 186 Å². The first-order valence-electron chi connectivity index (χ1n) is 9.87. The first-order chi connectivity index (χ1) is 15.2. The number of alkyl halides is 3. The molecule has 170 valence electrons. The summed E-state index contributed by atoms with van der Waals surface area (Å²) in [6.07, 6.45) is -3.61. The van der Waals surface area contributed by atoms with E-state index < -0.39 is 12.0 Å². The van der Waals surface area contributed by atoms with E-state index in [1.807, 2.05) is 11.8 Å². The van der Waals surface area contributed by atoms with Crippen LogP contribution in [0.1, 0.15) is 24.2 Å². The number of aryl methyl sites for hydroxylation is 1. The normalized spacial score (nSPS) is 15.2. The van der Waals surface area contributed by atoms with Gasteiger partial charge in [0.25, 0.3) is 5.82 Å². The lowest BCUT2D eigenvalue weighted by Gasteiger charge is -2.32. The van der Waals surface area contributed by atoms with Crippen LogP contribution in [0, 0.1) is 12.8 Å². The average Bonchev–Trinajstić information content (AvgIpc) is 3.20. The van der Waals surface area contributed by atoms with E-state index in [4.69, 9.17) is 16.3 Å². The van der Waals surface area contributed by atoms with Crippen LogP contribution in [0.2, 0.25) is 5.02 Å². The summed E-state index contributed by atoms with van der Waals surface area (Å²) in [4.78, 5) is 14.6. The number of halogens is 4. The zero-order valence-corrected chi connectivity index (χ0v) is 18.0. The number of ether oxygens (including phenoxy) is 1. The van der Waals surface area contributed by atoms with Gasteiger partial charge in [-0.15, -0.1) is 15.3 Å². The largest absolute Gasteiger partial charge is 0.495 e. The Morgan fingerprint density at radius 2 is 1.94 bits per heavy atom. The van der Waals surface area contributed by atoms with Gasteiger partial charge in [-0.25, -0.2) is 0 Å². The van der Waals surface area contributed by atoms with Crippen molar-refractivity contribution in [2.45, 2.75) is 25.9 Å². The van der Waals surface area contributed by atoms with E-state index in [0.717, 1.165) is 5.56 Å². The van der Waals surface area contributed by atoms with Gasteiger partial charge in [0.1, 0.15) is 11.6 Å². The number of amides is 1. The van der Waals surface area contributed by atoms with Crippen molar-refractivity contribution in [2.75, 3.05) is 30.4 Å². The van der Waals surface area contributed by atoms with E-state index in [9.17, 15) is 18.0 Å². The van der Waals surface area contributed by atoms with Gasteiger partial charge in [-0.3, -0.25) is 4.79 Å². The predicted octanol–water partition coefficient (Wildman–Crippen LogP) is 3.97. The lowest BCUT2D eigenvalue weighted by Crippen LogP contribution is -2.38. The molecule has 1 aliphatic heterocycles. The van der Waals surface area contributed by atoms with Crippen LogP contribution in [-0.4, -0.2) is 45.9 Å². The fourth-order valence-electron chi connectivity index (χ4n) is 3.66. The first-order valence-corrected chi connectivity index (χ1v) is 10.2. The summed E-state index contributed by atoms with van der Waals surface area (Å²) < 4.78 is 45.3. The molecule has 32 heavy (non-hydrogen) atoms. The van der Waals surface area contributed by atoms with Crippen LogP contribution < -0.4 is 15.0 Å². The number of nitrogens with zero attached hydrogens (tertiary/aromatic N) is 5. The number of methoxy groups -OCH3 is 1. The molecule has 0 saturated carbocycles. The molecule has 4 rings (SSSR count). The topological polar surface area (TPSA) is 84.6 Å². The van der Waals surface area contributed by atoms with Gasteiger partial charge in [-0.2, -0.15) is 17.7 Å². The van der Waals surface area contributed by atoms with Crippen molar-refractivity contribution < 1.29 is 22.7 Å². The minimum atomic E-state index is -4.66. The van der Waals surface area contributed by atoms with Crippen LogP contribution in [0.3, 0.4) is 0 Å². The van der Waals surface area contributed by atoms with Crippen molar-refractivity contribution in [1.29, 1.82) is 0 Å². The second-order valence-electron chi connectivity index (χ2n) is 7.54. The zero-order chi connectivity index (χ0) is 23.0. The summed E-state index contributed by atoms with van der Waals surface area (Å²) in [7, 11) is 1.50. The Hall–Kier alpha value is -3.08. The van der Waals surface area contributed by atoms with Gasteiger partial charge in [0.15, 0.2) is 5.65 Å². The molecule has 2 aromatic heterocycles. The maximum atomic E-state index is 13.1. The van der Waals surface area contributed by atoms with E-state index in [0.29, 0.717) is 52.7 Å². The van der Waals surface area contributed by atoms with Gasteiger partial charge >= 0.3 is 6.18 Å². The Kier molecular flexibility index (Phi) is 5.85. The van der Waals surface area contributed by atoms with Gasteiger partial charge < -0.3 is 15.0 Å². The standard InChI is InChI=1S/C20H20ClF3N6O2/c1-11-9-14(15(32-2)10-13(11)21)25-18(31)12-5-7-29(8-6-12)17-4-3-16-26-27-19(20(22,23)24)30(16)28-17/h3-4,9-10,12H,5-8H2,1-2H3,(H,25,31). The quantitative estimate of drug-likeness (QED) is 0.623. The second-order valence-corrected chi connectivity index (χ2v) is 7.94. The third-order valence-electron chi connectivity index (χ3n) is 5.43. The van der Waals surface area contributed by atoms with Crippen molar-refractivity contribution in [3.8, 4) is 5.75 Å². The average molecular weight is 469 g/mol. The van der Waals surface area contributed by atoms with Crippen LogP contribution in [0.15, 0.2) is 24.3 Å². The molecule has 0 aliphatic carbocycles. The monoisotopic (exact) mass is 468 g/mol. The van der Waals surface area contributed by atoms with Crippen molar-refractivity contribution in [3.63, 3.8) is 0 Å². The van der Waals surface area contributed by atoms with Gasteiger partial charge in [0.2, 0.25) is 5.91 Å². The number of benzene rings is 1. The molecule has 1 fully saturated rings. The molecule has 1 saturated heterocycles. The van der Waals surface area contributed by atoms with E-state index in [2.05, 4.69) is 20.6 Å². The number of aromatic nitrogens is 4. The third-order valence-corrected chi connectivity index (χ3v) is 5.84. The Bertz CT molecular complexity index is 1160. The third kappa shape index (κ3) is 4.29. The number of carbonyl (C=O) groups is 1. The van der Waals surface area contributed by atoms with Crippen LogP contribution in [0.4, 0.5) is 24.7 Å². The fraction of sp³-hybridized carbons (Fsp3) is 0.400. The molecule has 12 heteroatoms. The van der Waals surface area contributed by atoms with Gasteiger partial charge in [-0.1, -0.05) is 11.6 Å². The summed E-state index contributed by atoms with van der Waals surface area (Å²) in [6.45, 7) is 2.77. The Morgan fingerprint density at radius 1 is 1.22 bits per heavy atom. The summed E-state index contributed by atoms with van der Waals surface area (Å²) in [5.74, 6) is -0.728. The van der Waals surface area contributed by atoms with Crippen molar-refractivity contribution in [1.82, 2.24) is 19.8 Å². The molecule has 0 bridgehead atoms. The number of hydrogen-bond donors (Lipinski definition) is 1. The number of piperidine rings is 1. The molecule has 0 spiro atoms. The highest BCUT2D eigenvalue weighted by molar-refractivity contribution is 6.31. The summed E-state index contributed by atoms with van der Waals surface area (Å²) in [6, 6.07) is 6.45. The number of nitrogens with one attached hydrogen (secondary N) is 1. The number of hydrogen-bond acceptors (Lipinski definition) is 6. The molecule has 1 N–H and O–H groups in total. The molecular formula is C20H20ClF3N6O2. The lowest BCUT2D eigenvalue weighted by atomic mass is 9.95. The van der Waals surface area contributed by atoms with Crippen LogP contribution in [-0.2, 0) is 11.0 Å². The van der Waals surface area contributed by atoms with Crippen LogP contribution in [0.5, 0.6) is 5.75 Å². The molecular weight excluding hydrogens is 449 g/mol. The van der Waals surface area contributed by atoms with Crippen LogP contribution in [0.25, 0.3) is 5.65 Å². The molecule has 3 aromatic rings. The number of rotatable bonds is 4. The minimum Gasteiger partial charge on any atom is -0.495 e. The maximum absolute atomic E-state index is 13.1. The lowest BCUT2D eigenvalue weighted by molar-refractivity contribution is -0.146. The highest BCUT2D eigenvalue weighted by Gasteiger charge is 2.38. The van der Waals surface area contributed by atoms with Crippen LogP contribution >= 0.6 is 11.6 Å². The zero-order valence-electron chi connectivity index (χ0n) is 17.3. The number of carbonyl (C=O) groups excluding carboxylic acids is 1. The summed E-state index contributed by atoms with van der Waals surface area (Å²) in [5.41, 5.74) is 1.37. The highest BCUT2D eigenvalue weighted by atomic mass is 35.5. The van der Waals surface area contributed by atoms with Gasteiger partial charge in [0, 0.05) is 30.1 Å². The predicted molar refractivity (Wildman–Crippen MR) is 112 cm³/mol. The highest BCUT2D eigenvalue weighted by Crippen LogP contribution is 2.32. The van der Waals surface area contributed by atoms with Crippen molar-refractivity contribution in [2.24, 2.45) is 5.92 Å². The fourth-order valence-corrected chi connectivity index (χ4v) is 3.81. The maximum Gasteiger partial charge on any atom is 0.453 e. The summed E-state index contributed by atoms with van der Waals surface area (Å²) >= 11 is 6.11. The van der Waals surface area contributed by atoms with E-state index in [1.165, 1.54) is 13.2 Å². The SMILES string of the molecule is COc1cc(Cl)c(C)cc1NC(=O)C1CCN(c2ccc3nnc(C(F)(F)F)n3n2)CC1. The summed E-state index contributed by atoms with van der Waals surface area (Å²) in [5, 5.41) is 14.2. The second kappa shape index (κ2) is 8.45. The molecule has 0 atom stereocenters. The molecule has 3 heterocycles. The molecule has 1 amide bonds. The Morgan fingerprint density at radius 3 is 2.59 bits per heavy atom. The van der Waals surface area contributed by atoms with Crippen molar-refractivity contribution in [3.05, 3.63) is 40.7 Å². The first kappa shape index (κ1) is 22.1. The van der Waals surface area contributed by atoms with E-state index in [1.54, 1.807) is 18.2 Å². The molecule has 0 unspecified atom stereocenters. The van der Waals surface area contributed by atoms with Gasteiger partial charge in [-0.05, 0) is 43.5 Å². The minimum absolute atomic E-state index is 0.0162. The molecule has 8 nitrogen and oxygen atoms in total. The molecule has 1 aromatic carbocycles. The smallest absolute Gasteiger partial charge is 0.453 e. The van der Waals surface area contributed by atoms with Gasteiger partial charge in [0.05, 0.1) is 12.8 Å². The van der Waals surface area contributed by atoms with E-state index in [-0.39, 0.29) is 17.5 Å². The number of fused-ring (bicyclic) bond motifs is 1. The Balaban J connectivity index is 1.44. The number of anilines is 2. The van der Waals surface area contributed by atoms with E-state index >= 15 is 0 Å². The molecule has 0 radical (unpaired) electrons. The molecule has 1 aliphatic rings.